The van der Waals surface area contributed by atoms with Gasteiger partial charge in [-0.15, -0.1) is 0 Å². The summed E-state index contributed by atoms with van der Waals surface area (Å²) in [6, 6.07) is 11.7. The van der Waals surface area contributed by atoms with Crippen LogP contribution < -0.4 is 4.74 Å². The molecule has 0 spiro atoms. The molecule has 7 heteroatoms. The van der Waals surface area contributed by atoms with Crippen molar-refractivity contribution in [2.45, 2.75) is 45.1 Å². The van der Waals surface area contributed by atoms with Gasteiger partial charge in [-0.25, -0.2) is 0 Å². The van der Waals surface area contributed by atoms with Crippen molar-refractivity contribution in [3.8, 4) is 11.8 Å². The Labute approximate surface area is 197 Å². The fourth-order valence-electron chi connectivity index (χ4n) is 4.51. The maximum Gasteiger partial charge on any atom is 0.306 e. The largest absolute Gasteiger partial charge is 0.489 e. The van der Waals surface area contributed by atoms with E-state index in [2.05, 4.69) is 16.7 Å². The van der Waals surface area contributed by atoms with Crippen molar-refractivity contribution in [1.82, 2.24) is 4.57 Å². The minimum Gasteiger partial charge on any atom is -0.489 e. The number of nitriles is 1. The third-order valence-electron chi connectivity index (χ3n) is 6.42. The van der Waals surface area contributed by atoms with E-state index in [0.717, 1.165) is 27.7 Å². The molecular weight excluding hydrogens is 447 g/mol. The first-order chi connectivity index (χ1) is 15.3. The highest BCUT2D eigenvalue weighted by molar-refractivity contribution is 6.37. The number of fused-ring (bicyclic) bond motifs is 1. The first-order valence-corrected chi connectivity index (χ1v) is 11.4. The summed E-state index contributed by atoms with van der Waals surface area (Å²) in [6.07, 6.45) is 3.06. The van der Waals surface area contributed by atoms with Crippen LogP contribution in [0.25, 0.3) is 10.9 Å². The van der Waals surface area contributed by atoms with Crippen LogP contribution >= 0.6 is 23.2 Å². The van der Waals surface area contributed by atoms with E-state index in [4.69, 9.17) is 27.9 Å². The van der Waals surface area contributed by atoms with Crippen LogP contribution in [0.1, 0.15) is 48.1 Å². The topological polar surface area (TPSA) is 75.2 Å². The Balaban J connectivity index is 1.60. The third-order valence-corrected chi connectivity index (χ3v) is 7.19. The van der Waals surface area contributed by atoms with E-state index in [9.17, 15) is 15.2 Å². The van der Waals surface area contributed by atoms with Gasteiger partial charge in [0.2, 0.25) is 0 Å². The van der Waals surface area contributed by atoms with Crippen LogP contribution in [-0.4, -0.2) is 21.7 Å². The molecule has 0 amide bonds. The zero-order valence-corrected chi connectivity index (χ0v) is 19.5. The van der Waals surface area contributed by atoms with Crippen LogP contribution in [0.15, 0.2) is 30.3 Å². The summed E-state index contributed by atoms with van der Waals surface area (Å²) in [5.74, 6) is -0.448. The van der Waals surface area contributed by atoms with Gasteiger partial charge in [-0.2, -0.15) is 5.26 Å². The molecule has 0 atom stereocenters. The quantitative estimate of drug-likeness (QED) is 0.475. The second-order valence-corrected chi connectivity index (χ2v) is 9.26. The monoisotopic (exact) mass is 470 g/mol. The molecule has 3 aromatic rings. The zero-order chi connectivity index (χ0) is 23.0. The minimum atomic E-state index is -0.734. The SMILES string of the molecule is Cc1cc(C#N)cc2c1cc(Cc1c(Cl)ccc(O[C@H]3CC[C@@H](C(=O)O)CC3)c1Cl)n2C. The molecule has 0 radical (unpaired) electrons. The maximum absolute atomic E-state index is 11.2. The summed E-state index contributed by atoms with van der Waals surface area (Å²) in [6.45, 7) is 2.00. The molecule has 5 nitrogen and oxygen atoms in total. The molecule has 1 aliphatic carbocycles. The molecular formula is C25H24Cl2N2O3. The van der Waals surface area contributed by atoms with Gasteiger partial charge < -0.3 is 14.4 Å². The van der Waals surface area contributed by atoms with E-state index in [0.29, 0.717) is 53.5 Å². The van der Waals surface area contributed by atoms with Gasteiger partial charge in [0.25, 0.3) is 0 Å². The number of carbonyl (C=O) groups is 1. The Morgan fingerprint density at radius 2 is 1.94 bits per heavy atom. The number of carboxylic acids is 1. The lowest BCUT2D eigenvalue weighted by atomic mass is 9.87. The standard InChI is InChI=1S/C25H24Cl2N2O3/c1-14-9-15(13-28)10-22-19(14)11-17(29(22)2)12-20-21(26)7-8-23(24(20)27)32-18-5-3-16(4-6-18)25(30)31/h7-11,16,18H,3-6,12H2,1-2H3,(H,30,31)/t16-,18+. The number of hydrogen-bond donors (Lipinski definition) is 1. The number of carboxylic acid groups (broad SMARTS) is 1. The lowest BCUT2D eigenvalue weighted by Gasteiger charge is -2.27. The summed E-state index contributed by atoms with van der Waals surface area (Å²) in [4.78, 5) is 11.2. The second-order valence-electron chi connectivity index (χ2n) is 8.48. The zero-order valence-electron chi connectivity index (χ0n) is 18.0. The average Bonchev–Trinajstić information content (AvgIpc) is 3.09. The number of aryl methyl sites for hydroxylation is 2. The number of halogens is 2. The van der Waals surface area contributed by atoms with E-state index in [1.165, 1.54) is 0 Å². The van der Waals surface area contributed by atoms with E-state index >= 15 is 0 Å². The molecule has 1 N–H and O–H groups in total. The van der Waals surface area contributed by atoms with Gasteiger partial charge in [0.15, 0.2) is 0 Å². The number of nitrogens with zero attached hydrogens (tertiary/aromatic N) is 2. The Hall–Kier alpha value is -2.68. The molecule has 4 rings (SSSR count). The van der Waals surface area contributed by atoms with Crippen LogP contribution in [0.5, 0.6) is 5.75 Å². The van der Waals surface area contributed by atoms with Crippen molar-refractivity contribution in [1.29, 1.82) is 5.26 Å². The van der Waals surface area contributed by atoms with Crippen molar-refractivity contribution in [3.63, 3.8) is 0 Å². The Kier molecular flexibility index (Phi) is 6.37. The molecule has 0 aliphatic heterocycles. The minimum absolute atomic E-state index is 0.0539. The molecule has 0 bridgehead atoms. The molecule has 1 aliphatic rings. The number of aromatic nitrogens is 1. The van der Waals surface area contributed by atoms with Gasteiger partial charge in [-0.1, -0.05) is 23.2 Å². The average molecular weight is 471 g/mol. The van der Waals surface area contributed by atoms with Crippen LogP contribution in [-0.2, 0) is 18.3 Å². The molecule has 166 valence electrons. The summed E-state index contributed by atoms with van der Waals surface area (Å²) in [7, 11) is 1.97. The lowest BCUT2D eigenvalue weighted by Crippen LogP contribution is -2.27. The van der Waals surface area contributed by atoms with Gasteiger partial charge in [0.1, 0.15) is 5.75 Å². The normalized spacial score (nSPS) is 18.5. The molecule has 2 aromatic carbocycles. The van der Waals surface area contributed by atoms with Crippen molar-refractivity contribution in [3.05, 3.63) is 62.8 Å². The van der Waals surface area contributed by atoms with Gasteiger partial charge in [0.05, 0.1) is 28.7 Å². The number of rotatable bonds is 5. The predicted molar refractivity (Wildman–Crippen MR) is 126 cm³/mol. The highest BCUT2D eigenvalue weighted by Gasteiger charge is 2.27. The number of benzene rings is 2. The summed E-state index contributed by atoms with van der Waals surface area (Å²) in [5.41, 5.74) is 4.49. The molecule has 1 heterocycles. The van der Waals surface area contributed by atoms with Gasteiger partial charge >= 0.3 is 5.97 Å². The first-order valence-electron chi connectivity index (χ1n) is 10.6. The van der Waals surface area contributed by atoms with E-state index in [-0.39, 0.29) is 12.0 Å². The lowest BCUT2D eigenvalue weighted by molar-refractivity contribution is -0.143. The van der Waals surface area contributed by atoms with E-state index in [1.807, 2.05) is 26.1 Å². The number of aliphatic carboxylic acids is 1. The summed E-state index contributed by atoms with van der Waals surface area (Å²) in [5, 5.41) is 20.6. The number of ether oxygens (including phenoxy) is 1. The maximum atomic E-state index is 11.2. The van der Waals surface area contributed by atoms with Crippen molar-refractivity contribution >= 4 is 40.1 Å². The van der Waals surface area contributed by atoms with Crippen LogP contribution in [0.4, 0.5) is 0 Å². The van der Waals surface area contributed by atoms with Gasteiger partial charge in [-0.05, 0) is 74.1 Å². The van der Waals surface area contributed by atoms with Crippen molar-refractivity contribution in [2.24, 2.45) is 13.0 Å². The highest BCUT2D eigenvalue weighted by Crippen LogP contribution is 2.38. The smallest absolute Gasteiger partial charge is 0.306 e. The second kappa shape index (κ2) is 9.05. The fraction of sp³-hybridized carbons (Fsp3) is 0.360. The fourth-order valence-corrected chi connectivity index (χ4v) is 5.06. The van der Waals surface area contributed by atoms with Gasteiger partial charge in [0, 0.05) is 35.1 Å². The van der Waals surface area contributed by atoms with Crippen LogP contribution in [0, 0.1) is 24.2 Å². The third kappa shape index (κ3) is 4.30. The first kappa shape index (κ1) is 22.5. The molecule has 32 heavy (non-hydrogen) atoms. The molecule has 1 aromatic heterocycles. The van der Waals surface area contributed by atoms with E-state index in [1.54, 1.807) is 12.1 Å². The molecule has 0 unspecified atom stereocenters. The van der Waals surface area contributed by atoms with Crippen LogP contribution in [0.3, 0.4) is 0 Å². The number of hydrogen-bond acceptors (Lipinski definition) is 3. The van der Waals surface area contributed by atoms with Gasteiger partial charge in [-0.3, -0.25) is 4.79 Å². The Morgan fingerprint density at radius 3 is 2.59 bits per heavy atom. The Morgan fingerprint density at radius 1 is 1.22 bits per heavy atom. The molecule has 1 saturated carbocycles. The highest BCUT2D eigenvalue weighted by atomic mass is 35.5. The summed E-state index contributed by atoms with van der Waals surface area (Å²) < 4.78 is 8.23. The Bertz CT molecular complexity index is 1230. The van der Waals surface area contributed by atoms with Crippen molar-refractivity contribution < 1.29 is 14.6 Å². The summed E-state index contributed by atoms with van der Waals surface area (Å²) >= 11 is 13.3. The molecule has 1 fully saturated rings. The van der Waals surface area contributed by atoms with Crippen molar-refractivity contribution in [2.75, 3.05) is 0 Å². The van der Waals surface area contributed by atoms with E-state index < -0.39 is 5.97 Å². The van der Waals surface area contributed by atoms with Crippen LogP contribution in [0.2, 0.25) is 10.0 Å². The molecule has 0 saturated heterocycles. The predicted octanol–water partition coefficient (Wildman–Crippen LogP) is 6.28.